The summed E-state index contributed by atoms with van der Waals surface area (Å²) in [6.45, 7) is 8.69. The zero-order valence-electron chi connectivity index (χ0n) is 15.3. The highest BCUT2D eigenvalue weighted by Crippen LogP contribution is 2.34. The second kappa shape index (κ2) is 9.47. The Morgan fingerprint density at radius 2 is 1.77 bits per heavy atom. The molecule has 0 saturated heterocycles. The van der Waals surface area contributed by atoms with Crippen molar-refractivity contribution in [3.05, 3.63) is 71.8 Å². The number of nitrogens with two attached hydrogens (primary N) is 1. The van der Waals surface area contributed by atoms with Gasteiger partial charge in [-0.15, -0.1) is 6.58 Å². The molecule has 136 valence electrons. The van der Waals surface area contributed by atoms with Crippen LogP contribution in [0.2, 0.25) is 0 Å². The molecule has 0 bridgehead atoms. The van der Waals surface area contributed by atoms with Gasteiger partial charge in [-0.05, 0) is 68.3 Å². The van der Waals surface area contributed by atoms with E-state index in [1.54, 1.807) is 30.3 Å². The van der Waals surface area contributed by atoms with E-state index in [0.717, 1.165) is 16.9 Å². The summed E-state index contributed by atoms with van der Waals surface area (Å²) in [6, 6.07) is 10.7. The number of carbonyl (C=O) groups is 1. The molecule has 4 nitrogen and oxygen atoms in total. The molecule has 0 saturated carbocycles. The van der Waals surface area contributed by atoms with Crippen molar-refractivity contribution < 1.29 is 14.3 Å². The summed E-state index contributed by atoms with van der Waals surface area (Å²) < 4.78 is 11.6. The average molecular weight is 351 g/mol. The van der Waals surface area contributed by atoms with Crippen LogP contribution >= 0.6 is 0 Å². The van der Waals surface area contributed by atoms with E-state index in [1.165, 1.54) is 6.08 Å². The van der Waals surface area contributed by atoms with Gasteiger partial charge in [-0.2, -0.15) is 0 Å². The second-order valence-electron chi connectivity index (χ2n) is 5.64. The summed E-state index contributed by atoms with van der Waals surface area (Å²) in [5.41, 5.74) is 8.64. The predicted octanol–water partition coefficient (Wildman–Crippen LogP) is 4.69. The fourth-order valence-corrected chi connectivity index (χ4v) is 2.60. The highest BCUT2D eigenvalue weighted by molar-refractivity contribution is 6.07. The Hall–Kier alpha value is -3.01. The molecule has 2 aromatic rings. The summed E-state index contributed by atoms with van der Waals surface area (Å²) in [5, 5.41) is 0. The van der Waals surface area contributed by atoms with Gasteiger partial charge in [-0.25, -0.2) is 0 Å². The maximum Gasteiger partial charge on any atom is 0.185 e. The number of benzene rings is 2. The molecule has 0 spiro atoms. The third-order valence-electron chi connectivity index (χ3n) is 3.79. The van der Waals surface area contributed by atoms with Crippen LogP contribution in [0.4, 0.5) is 5.69 Å². The van der Waals surface area contributed by atoms with Gasteiger partial charge in [0.25, 0.3) is 0 Å². The van der Waals surface area contributed by atoms with Crippen LogP contribution in [0.25, 0.3) is 6.08 Å². The van der Waals surface area contributed by atoms with E-state index in [1.807, 2.05) is 32.1 Å². The van der Waals surface area contributed by atoms with Gasteiger partial charge in [0.2, 0.25) is 0 Å². The first-order valence-corrected chi connectivity index (χ1v) is 8.71. The average Bonchev–Trinajstić information content (AvgIpc) is 2.64. The SMILES string of the molecule is C=CCc1ccc(OCC)c(/C=C/C(=O)c2ccc(N)cc2)c1OCC. The topological polar surface area (TPSA) is 61.5 Å². The molecule has 0 fully saturated rings. The monoisotopic (exact) mass is 351 g/mol. The summed E-state index contributed by atoms with van der Waals surface area (Å²) >= 11 is 0. The van der Waals surface area contributed by atoms with Crippen molar-refractivity contribution in [1.82, 2.24) is 0 Å². The standard InChI is InChI=1S/C22H25NO3/c1-4-7-17-10-15-21(25-5-2)19(22(17)26-6-3)13-14-20(24)16-8-11-18(23)12-9-16/h4,8-15H,1,5-7,23H2,2-3H3/b14-13+. The maximum atomic E-state index is 12.5. The molecule has 0 aliphatic rings. The first-order valence-electron chi connectivity index (χ1n) is 8.71. The van der Waals surface area contributed by atoms with Gasteiger partial charge in [-0.1, -0.05) is 12.1 Å². The number of hydrogen-bond acceptors (Lipinski definition) is 4. The lowest BCUT2D eigenvalue weighted by molar-refractivity contribution is 0.104. The fraction of sp³-hybridized carbons (Fsp3) is 0.227. The minimum atomic E-state index is -0.107. The van der Waals surface area contributed by atoms with Crippen molar-refractivity contribution in [2.24, 2.45) is 0 Å². The highest BCUT2D eigenvalue weighted by Gasteiger charge is 2.14. The first kappa shape index (κ1) is 19.3. The second-order valence-corrected chi connectivity index (χ2v) is 5.64. The lowest BCUT2D eigenvalue weighted by atomic mass is 10.0. The zero-order valence-corrected chi connectivity index (χ0v) is 15.3. The molecule has 0 amide bonds. The molecule has 0 atom stereocenters. The van der Waals surface area contributed by atoms with Gasteiger partial charge in [-0.3, -0.25) is 4.79 Å². The molecule has 26 heavy (non-hydrogen) atoms. The van der Waals surface area contributed by atoms with Crippen molar-refractivity contribution in [1.29, 1.82) is 0 Å². The predicted molar refractivity (Wildman–Crippen MR) is 107 cm³/mol. The Labute approximate surface area is 154 Å². The Morgan fingerprint density at radius 3 is 2.38 bits per heavy atom. The van der Waals surface area contributed by atoms with E-state index in [4.69, 9.17) is 15.2 Å². The molecule has 4 heteroatoms. The molecule has 0 aromatic heterocycles. The molecule has 0 unspecified atom stereocenters. The maximum absolute atomic E-state index is 12.5. The smallest absolute Gasteiger partial charge is 0.185 e. The number of ketones is 1. The summed E-state index contributed by atoms with van der Waals surface area (Å²) in [4.78, 5) is 12.5. The van der Waals surface area contributed by atoms with Crippen molar-refractivity contribution in [3.63, 3.8) is 0 Å². The van der Waals surface area contributed by atoms with E-state index in [9.17, 15) is 4.79 Å². The highest BCUT2D eigenvalue weighted by atomic mass is 16.5. The van der Waals surface area contributed by atoms with Crippen LogP contribution in [0.15, 0.2) is 55.1 Å². The number of nitrogen functional groups attached to an aromatic ring is 1. The van der Waals surface area contributed by atoms with E-state index >= 15 is 0 Å². The Kier molecular flexibility index (Phi) is 7.03. The number of allylic oxidation sites excluding steroid dienone is 2. The number of anilines is 1. The Bertz CT molecular complexity index is 792. The number of ether oxygens (including phenoxy) is 2. The first-order chi connectivity index (χ1) is 12.6. The summed E-state index contributed by atoms with van der Waals surface area (Å²) in [7, 11) is 0. The molecule has 2 N–H and O–H groups in total. The van der Waals surface area contributed by atoms with Crippen molar-refractivity contribution in [2.75, 3.05) is 18.9 Å². The molecule has 0 aliphatic heterocycles. The molecule has 0 radical (unpaired) electrons. The third kappa shape index (κ3) is 4.76. The van der Waals surface area contributed by atoms with Crippen molar-refractivity contribution in [3.8, 4) is 11.5 Å². The van der Waals surface area contributed by atoms with Gasteiger partial charge in [0.15, 0.2) is 5.78 Å². The van der Waals surface area contributed by atoms with Crippen LogP contribution in [0, 0.1) is 0 Å². The summed E-state index contributed by atoms with van der Waals surface area (Å²) in [5.74, 6) is 1.30. The lowest BCUT2D eigenvalue weighted by Crippen LogP contribution is -2.03. The van der Waals surface area contributed by atoms with E-state index in [2.05, 4.69) is 6.58 Å². The lowest BCUT2D eigenvalue weighted by Gasteiger charge is -2.16. The minimum Gasteiger partial charge on any atom is -0.493 e. The quantitative estimate of drug-likeness (QED) is 0.308. The van der Waals surface area contributed by atoms with Crippen molar-refractivity contribution >= 4 is 17.5 Å². The molecule has 2 rings (SSSR count). The van der Waals surface area contributed by atoms with Crippen LogP contribution in [-0.2, 0) is 6.42 Å². The summed E-state index contributed by atoms with van der Waals surface area (Å²) in [6.07, 6.45) is 5.78. The minimum absolute atomic E-state index is 0.107. The molecule has 0 aliphatic carbocycles. The van der Waals surface area contributed by atoms with Crippen LogP contribution in [0.1, 0.15) is 35.3 Å². The van der Waals surface area contributed by atoms with Crippen molar-refractivity contribution in [2.45, 2.75) is 20.3 Å². The van der Waals surface area contributed by atoms with Crippen LogP contribution < -0.4 is 15.2 Å². The third-order valence-corrected chi connectivity index (χ3v) is 3.79. The van der Waals surface area contributed by atoms with E-state index in [-0.39, 0.29) is 5.78 Å². The van der Waals surface area contributed by atoms with Gasteiger partial charge in [0.1, 0.15) is 11.5 Å². The van der Waals surface area contributed by atoms with Crippen LogP contribution in [0.5, 0.6) is 11.5 Å². The largest absolute Gasteiger partial charge is 0.493 e. The van der Waals surface area contributed by atoms with E-state index in [0.29, 0.717) is 36.6 Å². The zero-order chi connectivity index (χ0) is 18.9. The van der Waals surface area contributed by atoms with Gasteiger partial charge >= 0.3 is 0 Å². The van der Waals surface area contributed by atoms with Crippen LogP contribution in [-0.4, -0.2) is 19.0 Å². The fourth-order valence-electron chi connectivity index (χ4n) is 2.60. The van der Waals surface area contributed by atoms with Crippen LogP contribution in [0.3, 0.4) is 0 Å². The molecule has 2 aromatic carbocycles. The normalized spacial score (nSPS) is 10.7. The number of hydrogen-bond donors (Lipinski definition) is 1. The van der Waals surface area contributed by atoms with E-state index < -0.39 is 0 Å². The Balaban J connectivity index is 2.43. The molecular weight excluding hydrogens is 326 g/mol. The Morgan fingerprint density at radius 1 is 1.08 bits per heavy atom. The molecular formula is C22H25NO3. The number of carbonyl (C=O) groups excluding carboxylic acids is 1. The van der Waals surface area contributed by atoms with Gasteiger partial charge in [0.05, 0.1) is 18.8 Å². The number of rotatable bonds is 9. The van der Waals surface area contributed by atoms with Gasteiger partial charge < -0.3 is 15.2 Å². The molecule has 0 heterocycles. The van der Waals surface area contributed by atoms with Gasteiger partial charge in [0, 0.05) is 11.3 Å².